The molecule has 154 valence electrons. The predicted octanol–water partition coefficient (Wildman–Crippen LogP) is 3.89. The molecule has 0 saturated carbocycles. The van der Waals surface area contributed by atoms with E-state index in [0.29, 0.717) is 35.5 Å². The summed E-state index contributed by atoms with van der Waals surface area (Å²) in [5.74, 6) is -1.27. The second kappa shape index (κ2) is 6.69. The molecular weight excluding hydrogens is 419 g/mol. The number of nitrogens with zero attached hydrogens (tertiary/aromatic N) is 2. The molecule has 8 heteroatoms. The molecule has 3 aliphatic rings. The Morgan fingerprint density at radius 3 is 2.71 bits per heavy atom. The molecule has 6 nitrogen and oxygen atoms in total. The Hall–Kier alpha value is -3.63. The van der Waals surface area contributed by atoms with Gasteiger partial charge >= 0.3 is 0 Å². The molecule has 0 bridgehead atoms. The first-order chi connectivity index (χ1) is 14.9. The van der Waals surface area contributed by atoms with Crippen LogP contribution in [0.2, 0.25) is 5.02 Å². The van der Waals surface area contributed by atoms with Gasteiger partial charge in [0.2, 0.25) is 5.91 Å². The van der Waals surface area contributed by atoms with Crippen molar-refractivity contribution in [1.82, 2.24) is 0 Å². The summed E-state index contributed by atoms with van der Waals surface area (Å²) in [6, 6.07) is 13.1. The number of hydrogen-bond donors (Lipinski definition) is 2. The number of Topliss-reactive ketones (excluding diaryl/α,β-unsaturated/α-hetero) is 1. The number of nitrogens with two attached hydrogens (primary N) is 1. The van der Waals surface area contributed by atoms with Crippen LogP contribution in [0.1, 0.15) is 24.8 Å². The molecule has 0 saturated heterocycles. The van der Waals surface area contributed by atoms with Crippen LogP contribution in [-0.2, 0) is 15.0 Å². The number of fused-ring (bicyclic) bond motifs is 3. The molecule has 2 aromatic carbocycles. The molecule has 1 aliphatic carbocycles. The Labute approximate surface area is 182 Å². The largest absolute Gasteiger partial charge is 0.384 e. The summed E-state index contributed by atoms with van der Waals surface area (Å²) in [5, 5.41) is 12.9. The monoisotopic (exact) mass is 434 g/mol. The number of amides is 1. The van der Waals surface area contributed by atoms with Gasteiger partial charge in [0.1, 0.15) is 23.1 Å². The normalized spacial score (nSPS) is 22.4. The second-order valence-corrected chi connectivity index (χ2v) is 8.06. The molecule has 2 aliphatic heterocycles. The highest BCUT2D eigenvalue weighted by Crippen LogP contribution is 2.55. The fourth-order valence-electron chi connectivity index (χ4n) is 4.86. The zero-order valence-electron chi connectivity index (χ0n) is 16.2. The van der Waals surface area contributed by atoms with Gasteiger partial charge in [-0.3, -0.25) is 14.5 Å². The number of nitrogens with one attached hydrogen (secondary N) is 1. The highest BCUT2D eigenvalue weighted by molar-refractivity contribution is 6.31. The third kappa shape index (κ3) is 2.42. The summed E-state index contributed by atoms with van der Waals surface area (Å²) in [5.41, 5.74) is 7.11. The van der Waals surface area contributed by atoms with Gasteiger partial charge in [-0.2, -0.15) is 5.26 Å². The number of carbonyl (C=O) groups excluding carboxylic acids is 2. The van der Waals surface area contributed by atoms with Gasteiger partial charge in [0, 0.05) is 34.6 Å². The second-order valence-electron chi connectivity index (χ2n) is 7.65. The molecule has 2 aromatic rings. The third-order valence-corrected chi connectivity index (χ3v) is 6.38. The number of allylic oxidation sites excluding steroid dienone is 1. The van der Waals surface area contributed by atoms with Gasteiger partial charge in [0.05, 0.1) is 10.6 Å². The minimum absolute atomic E-state index is 0.0190. The lowest BCUT2D eigenvalue weighted by molar-refractivity contribution is -0.122. The number of ketones is 1. The standard InChI is InChI=1S/C23H16ClFN4O2/c24-15-10-12(8-9-16(15)25)29-18-6-3-7-19(30)20(18)23(14(11-26)21(29)27)13-4-1-2-5-17(13)28-22(23)31/h1-2,4-5,8-10H,3,6-7,27H2,(H,28,31)/t23-/m1/s1. The lowest BCUT2D eigenvalue weighted by Gasteiger charge is -2.43. The molecule has 0 unspecified atom stereocenters. The maximum Gasteiger partial charge on any atom is 0.245 e. The van der Waals surface area contributed by atoms with Gasteiger partial charge in [-0.1, -0.05) is 29.8 Å². The number of nitriles is 1. The Kier molecular flexibility index (Phi) is 4.17. The lowest BCUT2D eigenvalue weighted by atomic mass is 9.64. The third-order valence-electron chi connectivity index (χ3n) is 6.09. The highest BCUT2D eigenvalue weighted by Gasteiger charge is 2.59. The van der Waals surface area contributed by atoms with Crippen LogP contribution in [-0.4, -0.2) is 11.7 Å². The molecule has 1 amide bonds. The van der Waals surface area contributed by atoms with Crippen molar-refractivity contribution in [2.24, 2.45) is 5.73 Å². The smallest absolute Gasteiger partial charge is 0.245 e. The van der Waals surface area contributed by atoms with Crippen molar-refractivity contribution >= 4 is 34.7 Å². The fourth-order valence-corrected chi connectivity index (χ4v) is 5.04. The lowest BCUT2D eigenvalue weighted by Crippen LogP contribution is -2.50. The first-order valence-corrected chi connectivity index (χ1v) is 10.1. The van der Waals surface area contributed by atoms with E-state index in [1.54, 1.807) is 29.2 Å². The number of anilines is 2. The van der Waals surface area contributed by atoms with Crippen LogP contribution in [0.3, 0.4) is 0 Å². The van der Waals surface area contributed by atoms with Crippen LogP contribution in [0.25, 0.3) is 0 Å². The molecule has 5 rings (SSSR count). The molecule has 2 heterocycles. The van der Waals surface area contributed by atoms with Gasteiger partial charge in [0.25, 0.3) is 0 Å². The van der Waals surface area contributed by atoms with Crippen molar-refractivity contribution in [2.75, 3.05) is 10.2 Å². The van der Waals surface area contributed by atoms with E-state index in [9.17, 15) is 19.2 Å². The average molecular weight is 435 g/mol. The van der Waals surface area contributed by atoms with E-state index in [1.807, 2.05) is 0 Å². The molecule has 0 radical (unpaired) electrons. The zero-order chi connectivity index (χ0) is 21.9. The number of benzene rings is 2. The first kappa shape index (κ1) is 19.3. The Bertz CT molecular complexity index is 1290. The highest BCUT2D eigenvalue weighted by atomic mass is 35.5. The summed E-state index contributed by atoms with van der Waals surface area (Å²) in [4.78, 5) is 28.3. The van der Waals surface area contributed by atoms with E-state index in [1.165, 1.54) is 18.2 Å². The van der Waals surface area contributed by atoms with Crippen LogP contribution in [0.4, 0.5) is 15.8 Å². The van der Waals surface area contributed by atoms with E-state index in [4.69, 9.17) is 17.3 Å². The van der Waals surface area contributed by atoms with E-state index < -0.39 is 17.1 Å². The van der Waals surface area contributed by atoms with Gasteiger partial charge in [-0.05, 0) is 37.1 Å². The van der Waals surface area contributed by atoms with E-state index in [0.717, 1.165) is 0 Å². The van der Waals surface area contributed by atoms with Gasteiger partial charge < -0.3 is 11.1 Å². The summed E-state index contributed by atoms with van der Waals surface area (Å²) >= 11 is 5.99. The number of para-hydroxylation sites is 1. The number of rotatable bonds is 1. The first-order valence-electron chi connectivity index (χ1n) is 9.74. The van der Waals surface area contributed by atoms with Crippen molar-refractivity contribution in [2.45, 2.75) is 24.7 Å². The SMILES string of the molecule is N#CC1=C(N)N(c2ccc(F)c(Cl)c2)C2=C(C(=O)CCC2)[C@]12C(=O)Nc1ccccc12. The minimum atomic E-state index is -1.61. The topological polar surface area (TPSA) is 99.2 Å². The summed E-state index contributed by atoms with van der Waals surface area (Å²) in [6.07, 6.45) is 1.29. The molecule has 1 spiro atoms. The maximum atomic E-state index is 13.8. The van der Waals surface area contributed by atoms with Crippen LogP contribution in [0.15, 0.2) is 65.1 Å². The van der Waals surface area contributed by atoms with E-state index >= 15 is 0 Å². The summed E-state index contributed by atoms with van der Waals surface area (Å²) in [6.45, 7) is 0. The van der Waals surface area contributed by atoms with Crippen molar-refractivity contribution < 1.29 is 14.0 Å². The maximum absolute atomic E-state index is 13.8. The molecule has 0 fully saturated rings. The number of halogens is 2. The van der Waals surface area contributed by atoms with E-state index in [-0.39, 0.29) is 34.2 Å². The molecule has 3 N–H and O–H groups in total. The fraction of sp³-hybridized carbons (Fsp3) is 0.174. The van der Waals surface area contributed by atoms with E-state index in [2.05, 4.69) is 11.4 Å². The van der Waals surface area contributed by atoms with Crippen LogP contribution in [0.5, 0.6) is 0 Å². The van der Waals surface area contributed by atoms with Crippen LogP contribution >= 0.6 is 11.6 Å². The summed E-state index contributed by atoms with van der Waals surface area (Å²) < 4.78 is 13.8. The molecule has 0 aromatic heterocycles. The number of carbonyl (C=O) groups is 2. The zero-order valence-corrected chi connectivity index (χ0v) is 17.0. The molecule has 1 atom stereocenters. The Morgan fingerprint density at radius 2 is 1.97 bits per heavy atom. The Morgan fingerprint density at radius 1 is 1.19 bits per heavy atom. The summed E-state index contributed by atoms with van der Waals surface area (Å²) in [7, 11) is 0. The van der Waals surface area contributed by atoms with Gasteiger partial charge in [-0.15, -0.1) is 0 Å². The van der Waals surface area contributed by atoms with Crippen molar-refractivity contribution in [1.29, 1.82) is 5.26 Å². The molecular formula is C23H16ClFN4O2. The quantitative estimate of drug-likeness (QED) is 0.709. The average Bonchev–Trinajstić information content (AvgIpc) is 3.03. The number of hydrogen-bond acceptors (Lipinski definition) is 5. The Balaban J connectivity index is 1.88. The molecule has 31 heavy (non-hydrogen) atoms. The minimum Gasteiger partial charge on any atom is -0.384 e. The van der Waals surface area contributed by atoms with Crippen molar-refractivity contribution in [3.63, 3.8) is 0 Å². The van der Waals surface area contributed by atoms with Gasteiger partial charge in [-0.25, -0.2) is 4.39 Å². The van der Waals surface area contributed by atoms with Gasteiger partial charge in [0.15, 0.2) is 5.78 Å². The van der Waals surface area contributed by atoms with Crippen molar-refractivity contribution in [3.8, 4) is 6.07 Å². The predicted molar refractivity (Wildman–Crippen MR) is 113 cm³/mol. The van der Waals surface area contributed by atoms with Crippen LogP contribution in [0, 0.1) is 17.1 Å². The van der Waals surface area contributed by atoms with Crippen molar-refractivity contribution in [3.05, 3.63) is 81.5 Å². The van der Waals surface area contributed by atoms with Crippen LogP contribution < -0.4 is 16.0 Å².